The lowest BCUT2D eigenvalue weighted by molar-refractivity contribution is -0.268. The van der Waals surface area contributed by atoms with E-state index < -0.39 is 6.29 Å². The van der Waals surface area contributed by atoms with Crippen molar-refractivity contribution in [3.63, 3.8) is 0 Å². The van der Waals surface area contributed by atoms with E-state index in [2.05, 4.69) is 17.6 Å². The van der Waals surface area contributed by atoms with E-state index in [0.717, 1.165) is 32.9 Å². The molecule has 1 fully saturated rings. The van der Waals surface area contributed by atoms with E-state index in [9.17, 15) is 9.90 Å². The molecule has 0 spiro atoms. The number of urea groups is 1. The molecular weight excluding hydrogens is 548 g/mol. The zero-order valence-electron chi connectivity index (χ0n) is 23.7. The molecule has 0 radical (unpaired) electrons. The van der Waals surface area contributed by atoms with Crippen molar-refractivity contribution in [2.75, 3.05) is 18.2 Å². The molecular formula is C34H36N2O5S. The molecule has 4 atom stereocenters. The van der Waals surface area contributed by atoms with Crippen LogP contribution in [0.3, 0.4) is 0 Å². The summed E-state index contributed by atoms with van der Waals surface area (Å²) in [5.74, 6) is 1.58. The van der Waals surface area contributed by atoms with Crippen molar-refractivity contribution in [3.05, 3.63) is 125 Å². The largest absolute Gasteiger partial charge is 0.496 e. The van der Waals surface area contributed by atoms with Crippen LogP contribution in [0.5, 0.6) is 5.75 Å². The first kappa shape index (κ1) is 29.7. The Morgan fingerprint density at radius 2 is 1.64 bits per heavy atom. The van der Waals surface area contributed by atoms with Gasteiger partial charge in [-0.15, -0.1) is 11.8 Å². The second-order valence-electron chi connectivity index (χ2n) is 10.2. The van der Waals surface area contributed by atoms with Gasteiger partial charge < -0.3 is 30.0 Å². The minimum atomic E-state index is -0.638. The number of benzene rings is 4. The molecule has 7 nitrogen and oxygen atoms in total. The van der Waals surface area contributed by atoms with Gasteiger partial charge in [0.15, 0.2) is 6.29 Å². The van der Waals surface area contributed by atoms with Crippen LogP contribution in [-0.2, 0) is 22.6 Å². The highest BCUT2D eigenvalue weighted by Gasteiger charge is 2.38. The molecule has 1 aliphatic heterocycles. The molecule has 1 heterocycles. The Kier molecular flexibility index (Phi) is 10.2. The Hall–Kier alpha value is -3.82. The van der Waals surface area contributed by atoms with Crippen LogP contribution >= 0.6 is 11.8 Å². The molecule has 0 aromatic heterocycles. The number of aliphatic hydroxyl groups excluding tert-OH is 1. The van der Waals surface area contributed by atoms with Crippen LogP contribution in [0.2, 0.25) is 0 Å². The molecule has 1 aliphatic rings. The third-order valence-electron chi connectivity index (χ3n) is 7.31. The molecule has 218 valence electrons. The lowest BCUT2D eigenvalue weighted by Crippen LogP contribution is -2.38. The number of methoxy groups -OCH3 is 1. The summed E-state index contributed by atoms with van der Waals surface area (Å²) in [4.78, 5) is 13.7. The fourth-order valence-corrected chi connectivity index (χ4v) is 6.13. The normalized spacial score (nSPS) is 20.1. The number of thioether (sulfide) groups is 1. The minimum Gasteiger partial charge on any atom is -0.496 e. The molecule has 2 amide bonds. The van der Waals surface area contributed by atoms with E-state index in [1.54, 1.807) is 18.9 Å². The van der Waals surface area contributed by atoms with E-state index in [-0.39, 0.29) is 30.8 Å². The van der Waals surface area contributed by atoms with Gasteiger partial charge in [-0.1, -0.05) is 85.8 Å². The van der Waals surface area contributed by atoms with Crippen molar-refractivity contribution in [1.82, 2.24) is 5.32 Å². The van der Waals surface area contributed by atoms with Crippen molar-refractivity contribution in [1.29, 1.82) is 0 Å². The van der Waals surface area contributed by atoms with Crippen molar-refractivity contribution in [3.8, 4) is 5.75 Å². The lowest BCUT2D eigenvalue weighted by atomic mass is 9.91. The molecule has 42 heavy (non-hydrogen) atoms. The topological polar surface area (TPSA) is 89.1 Å². The van der Waals surface area contributed by atoms with Crippen LogP contribution in [-0.4, -0.2) is 30.1 Å². The van der Waals surface area contributed by atoms with Gasteiger partial charge in [-0.25, -0.2) is 4.79 Å². The number of anilines is 1. The van der Waals surface area contributed by atoms with Gasteiger partial charge in [-0.2, -0.15) is 0 Å². The minimum absolute atomic E-state index is 0.00994. The quantitative estimate of drug-likeness (QED) is 0.173. The van der Waals surface area contributed by atoms with Crippen molar-refractivity contribution >= 4 is 23.5 Å². The van der Waals surface area contributed by atoms with Crippen molar-refractivity contribution < 1.29 is 24.1 Å². The van der Waals surface area contributed by atoms with Gasteiger partial charge in [-0.3, -0.25) is 0 Å². The van der Waals surface area contributed by atoms with Gasteiger partial charge in [0.2, 0.25) is 0 Å². The highest BCUT2D eigenvalue weighted by atomic mass is 32.2. The van der Waals surface area contributed by atoms with Gasteiger partial charge in [0.05, 0.1) is 25.9 Å². The maximum absolute atomic E-state index is 12.6. The van der Waals surface area contributed by atoms with Crippen molar-refractivity contribution in [2.24, 2.45) is 5.92 Å². The van der Waals surface area contributed by atoms with Gasteiger partial charge in [0.25, 0.3) is 0 Å². The summed E-state index contributed by atoms with van der Waals surface area (Å²) in [6.07, 6.45) is -1.00. The third-order valence-corrected chi connectivity index (χ3v) is 8.45. The summed E-state index contributed by atoms with van der Waals surface area (Å²) < 4.78 is 18.7. The van der Waals surface area contributed by atoms with Gasteiger partial charge in [0, 0.05) is 34.4 Å². The SMILES string of the molecule is COc1ccccc1SC[C@@H]1O[C@H](c2cccc(NC(=O)NCc3ccccc3)c2)O[C@H](c2ccc(CO)cc2)[C@@H]1C. The molecule has 4 aromatic carbocycles. The summed E-state index contributed by atoms with van der Waals surface area (Å²) in [5, 5.41) is 15.3. The van der Waals surface area contributed by atoms with E-state index >= 15 is 0 Å². The molecule has 0 unspecified atom stereocenters. The van der Waals surface area contributed by atoms with E-state index in [1.807, 2.05) is 103 Å². The third kappa shape index (κ3) is 7.52. The molecule has 5 rings (SSSR count). The maximum Gasteiger partial charge on any atom is 0.319 e. The summed E-state index contributed by atoms with van der Waals surface area (Å²) in [5.41, 5.74) is 4.35. The second kappa shape index (κ2) is 14.4. The Balaban J connectivity index is 1.33. The Labute approximate surface area is 251 Å². The van der Waals surface area contributed by atoms with Gasteiger partial charge >= 0.3 is 6.03 Å². The molecule has 4 aromatic rings. The lowest BCUT2D eigenvalue weighted by Gasteiger charge is -2.41. The zero-order chi connectivity index (χ0) is 29.3. The number of hydrogen-bond donors (Lipinski definition) is 3. The maximum atomic E-state index is 12.6. The van der Waals surface area contributed by atoms with Crippen LogP contribution in [0.25, 0.3) is 0 Å². The first-order valence-corrected chi connectivity index (χ1v) is 15.0. The Morgan fingerprint density at radius 1 is 0.881 bits per heavy atom. The number of ether oxygens (including phenoxy) is 3. The van der Waals surface area contributed by atoms with Gasteiger partial charge in [-0.05, 0) is 41.0 Å². The van der Waals surface area contributed by atoms with Crippen LogP contribution in [0.15, 0.2) is 108 Å². The van der Waals surface area contributed by atoms with Gasteiger partial charge in [0.1, 0.15) is 5.75 Å². The van der Waals surface area contributed by atoms with Crippen LogP contribution < -0.4 is 15.4 Å². The molecule has 0 bridgehead atoms. The highest BCUT2D eigenvalue weighted by Crippen LogP contribution is 2.44. The monoisotopic (exact) mass is 584 g/mol. The smallest absolute Gasteiger partial charge is 0.319 e. The number of carbonyl (C=O) groups excluding carboxylic acids is 1. The number of rotatable bonds is 10. The Bertz CT molecular complexity index is 1450. The molecule has 0 saturated carbocycles. The fourth-order valence-electron chi connectivity index (χ4n) is 4.94. The number of nitrogens with one attached hydrogen (secondary N) is 2. The highest BCUT2D eigenvalue weighted by molar-refractivity contribution is 7.99. The number of hydrogen-bond acceptors (Lipinski definition) is 6. The fraction of sp³-hybridized carbons (Fsp3) is 0.265. The van der Waals surface area contributed by atoms with Crippen LogP contribution in [0.1, 0.15) is 41.6 Å². The summed E-state index contributed by atoms with van der Waals surface area (Å²) in [7, 11) is 1.68. The average Bonchev–Trinajstić information content (AvgIpc) is 3.04. The standard InChI is InChI=1S/C34H36N2O5S/c1-23-30(22-42-31-14-7-6-13-29(31)39-2)40-33(41-32(23)26-17-15-25(21-37)16-18-26)27-11-8-12-28(19-27)36-34(38)35-20-24-9-4-3-5-10-24/h3-19,23,30,32-33,37H,20-22H2,1-2H3,(H2,35,36,38)/t23-,30+,32+,33+/m1/s1. The second-order valence-corrected chi connectivity index (χ2v) is 11.3. The molecule has 3 N–H and O–H groups in total. The molecule has 1 saturated heterocycles. The molecule has 0 aliphatic carbocycles. The van der Waals surface area contributed by atoms with Crippen molar-refractivity contribution in [2.45, 2.75) is 43.5 Å². The van der Waals surface area contributed by atoms with Crippen LogP contribution in [0.4, 0.5) is 10.5 Å². The number of carbonyl (C=O) groups is 1. The predicted molar refractivity (Wildman–Crippen MR) is 165 cm³/mol. The first-order valence-electron chi connectivity index (χ1n) is 14.0. The summed E-state index contributed by atoms with van der Waals surface area (Å²) in [6.45, 7) is 2.56. The van der Waals surface area contributed by atoms with E-state index in [1.165, 1.54) is 0 Å². The summed E-state index contributed by atoms with van der Waals surface area (Å²) in [6, 6.07) is 32.9. The van der Waals surface area contributed by atoms with E-state index in [0.29, 0.717) is 18.0 Å². The number of amides is 2. The van der Waals surface area contributed by atoms with Crippen LogP contribution in [0, 0.1) is 5.92 Å². The first-order chi connectivity index (χ1) is 20.5. The number of para-hydroxylation sites is 1. The molecule has 8 heteroatoms. The Morgan fingerprint density at radius 3 is 2.40 bits per heavy atom. The summed E-state index contributed by atoms with van der Waals surface area (Å²) >= 11 is 1.69. The average molecular weight is 585 g/mol. The van der Waals surface area contributed by atoms with E-state index in [4.69, 9.17) is 14.2 Å². The number of aliphatic hydroxyl groups is 1. The predicted octanol–water partition coefficient (Wildman–Crippen LogP) is 7.09. The zero-order valence-corrected chi connectivity index (χ0v) is 24.6.